The van der Waals surface area contributed by atoms with E-state index in [0.29, 0.717) is 0 Å². The van der Waals surface area contributed by atoms with Crippen LogP contribution in [0.4, 0.5) is 5.82 Å². The van der Waals surface area contributed by atoms with Crippen molar-refractivity contribution in [1.82, 2.24) is 4.98 Å². The van der Waals surface area contributed by atoms with Crippen molar-refractivity contribution in [1.29, 1.82) is 5.26 Å². The molecule has 0 unspecified atom stereocenters. The van der Waals surface area contributed by atoms with Gasteiger partial charge < -0.3 is 0 Å². The van der Waals surface area contributed by atoms with Crippen molar-refractivity contribution in [2.24, 2.45) is 0 Å². The van der Waals surface area contributed by atoms with E-state index in [1.54, 1.807) is 18.2 Å². The molecule has 1 aromatic rings. The summed E-state index contributed by atoms with van der Waals surface area (Å²) in [6.07, 6.45) is 1.46. The molecule has 1 aromatic heterocycles. The minimum atomic E-state index is -3.56. The van der Waals surface area contributed by atoms with Crippen molar-refractivity contribution in [2.45, 2.75) is 0 Å². The van der Waals surface area contributed by atoms with Gasteiger partial charge in [-0.05, 0) is 12.1 Å². The molecule has 0 spiro atoms. The molecule has 5 nitrogen and oxygen atoms in total. The lowest BCUT2D eigenvalue weighted by Crippen LogP contribution is -2.16. The zero-order valence-electron chi connectivity index (χ0n) is 6.64. The van der Waals surface area contributed by atoms with Gasteiger partial charge in [0.25, 0.3) is 0 Å². The molecule has 1 heterocycles. The van der Waals surface area contributed by atoms with Crippen LogP contribution < -0.4 is 4.72 Å². The van der Waals surface area contributed by atoms with Crippen molar-refractivity contribution in [2.75, 3.05) is 10.5 Å². The molecule has 0 fully saturated rings. The fourth-order valence-corrected chi connectivity index (χ4v) is 1.39. The Kier molecular flexibility index (Phi) is 2.82. The minimum absolute atomic E-state index is 0.220. The molecule has 0 aliphatic heterocycles. The second-order valence-electron chi connectivity index (χ2n) is 2.23. The van der Waals surface area contributed by atoms with E-state index in [0.717, 1.165) is 0 Å². The highest BCUT2D eigenvalue weighted by molar-refractivity contribution is 7.92. The van der Waals surface area contributed by atoms with E-state index in [4.69, 9.17) is 5.26 Å². The van der Waals surface area contributed by atoms with E-state index in [1.165, 1.54) is 12.3 Å². The van der Waals surface area contributed by atoms with Crippen molar-refractivity contribution in [3.05, 3.63) is 24.4 Å². The largest absolute Gasteiger partial charge is 0.266 e. The molecule has 6 heteroatoms. The van der Waals surface area contributed by atoms with Crippen LogP contribution in [0.15, 0.2) is 24.4 Å². The third-order valence-electron chi connectivity index (χ3n) is 1.18. The molecule has 0 aliphatic carbocycles. The first-order valence-corrected chi connectivity index (χ1v) is 5.08. The van der Waals surface area contributed by atoms with E-state index in [9.17, 15) is 8.42 Å². The summed E-state index contributed by atoms with van der Waals surface area (Å²) in [5.41, 5.74) is 0. The lowest BCUT2D eigenvalue weighted by atomic mass is 10.5. The van der Waals surface area contributed by atoms with Gasteiger partial charge in [0.15, 0.2) is 5.75 Å². The van der Waals surface area contributed by atoms with E-state index in [1.807, 2.05) is 0 Å². The van der Waals surface area contributed by atoms with Crippen molar-refractivity contribution >= 4 is 15.8 Å². The number of pyridine rings is 1. The number of hydrogen-bond donors (Lipinski definition) is 1. The number of anilines is 1. The number of nitriles is 1. The molecule has 0 aliphatic rings. The fourth-order valence-electron chi connectivity index (χ4n) is 0.704. The number of rotatable bonds is 3. The molecular formula is C7H7N3O2S. The summed E-state index contributed by atoms with van der Waals surface area (Å²) in [7, 11) is -3.56. The topological polar surface area (TPSA) is 82.8 Å². The average Bonchev–Trinajstić information content (AvgIpc) is 2.04. The van der Waals surface area contributed by atoms with Crippen LogP contribution in [0.3, 0.4) is 0 Å². The summed E-state index contributed by atoms with van der Waals surface area (Å²) >= 11 is 0. The normalized spacial score (nSPS) is 10.4. The van der Waals surface area contributed by atoms with Crippen LogP contribution in [0.2, 0.25) is 0 Å². The minimum Gasteiger partial charge on any atom is -0.266 e. The Morgan fingerprint density at radius 3 is 2.85 bits per heavy atom. The molecule has 68 valence electrons. The van der Waals surface area contributed by atoms with E-state index in [2.05, 4.69) is 9.71 Å². The van der Waals surface area contributed by atoms with Crippen LogP contribution >= 0.6 is 0 Å². The van der Waals surface area contributed by atoms with Gasteiger partial charge in [-0.15, -0.1) is 0 Å². The SMILES string of the molecule is N#CCS(=O)(=O)Nc1ccccn1. The van der Waals surface area contributed by atoms with Crippen LogP contribution in [-0.4, -0.2) is 19.2 Å². The van der Waals surface area contributed by atoms with Gasteiger partial charge >= 0.3 is 0 Å². The zero-order valence-corrected chi connectivity index (χ0v) is 7.45. The molecule has 1 rings (SSSR count). The second-order valence-corrected chi connectivity index (χ2v) is 3.96. The summed E-state index contributed by atoms with van der Waals surface area (Å²) < 4.78 is 24.2. The first-order chi connectivity index (χ1) is 6.14. The average molecular weight is 197 g/mol. The Morgan fingerprint density at radius 1 is 1.54 bits per heavy atom. The van der Waals surface area contributed by atoms with Gasteiger partial charge in [-0.3, -0.25) is 4.72 Å². The van der Waals surface area contributed by atoms with Crippen LogP contribution in [0.5, 0.6) is 0 Å². The molecule has 0 bridgehead atoms. The van der Waals surface area contributed by atoms with Gasteiger partial charge in [-0.1, -0.05) is 6.07 Å². The highest BCUT2D eigenvalue weighted by Gasteiger charge is 2.08. The lowest BCUT2D eigenvalue weighted by Gasteiger charge is -2.01. The summed E-state index contributed by atoms with van der Waals surface area (Å²) in [4.78, 5) is 3.75. The molecule has 0 radical (unpaired) electrons. The van der Waals surface area contributed by atoms with E-state index < -0.39 is 15.8 Å². The molecule has 0 aromatic carbocycles. The molecule has 0 saturated heterocycles. The molecular weight excluding hydrogens is 190 g/mol. The zero-order chi connectivity index (χ0) is 9.73. The molecule has 0 saturated carbocycles. The monoisotopic (exact) mass is 197 g/mol. The first kappa shape index (κ1) is 9.48. The summed E-state index contributed by atoms with van der Waals surface area (Å²) in [5, 5.41) is 8.19. The van der Waals surface area contributed by atoms with Gasteiger partial charge in [0, 0.05) is 6.20 Å². The maximum atomic E-state index is 11.0. The van der Waals surface area contributed by atoms with Gasteiger partial charge in [0.2, 0.25) is 10.0 Å². The first-order valence-electron chi connectivity index (χ1n) is 3.42. The Hall–Kier alpha value is -1.61. The van der Waals surface area contributed by atoms with Crippen molar-refractivity contribution in [3.8, 4) is 6.07 Å². The Labute approximate surface area is 76.1 Å². The maximum absolute atomic E-state index is 11.0. The fraction of sp³-hybridized carbons (Fsp3) is 0.143. The van der Waals surface area contributed by atoms with Crippen LogP contribution in [0.25, 0.3) is 0 Å². The Balaban J connectivity index is 2.77. The summed E-state index contributed by atoms with van der Waals surface area (Å²) in [5.74, 6) is -0.346. The van der Waals surface area contributed by atoms with Gasteiger partial charge in [-0.2, -0.15) is 5.26 Å². The number of nitrogens with zero attached hydrogens (tertiary/aromatic N) is 2. The predicted molar refractivity (Wildman–Crippen MR) is 47.3 cm³/mol. The van der Waals surface area contributed by atoms with Gasteiger partial charge in [-0.25, -0.2) is 13.4 Å². The predicted octanol–water partition coefficient (Wildman–Crippen LogP) is 0.347. The van der Waals surface area contributed by atoms with Crippen LogP contribution in [0.1, 0.15) is 0 Å². The highest BCUT2D eigenvalue weighted by Crippen LogP contribution is 2.02. The molecule has 0 amide bonds. The molecule has 0 atom stereocenters. The van der Waals surface area contributed by atoms with Crippen molar-refractivity contribution in [3.63, 3.8) is 0 Å². The molecule has 13 heavy (non-hydrogen) atoms. The molecule has 1 N–H and O–H groups in total. The summed E-state index contributed by atoms with van der Waals surface area (Å²) in [6, 6.07) is 6.38. The van der Waals surface area contributed by atoms with Crippen LogP contribution in [-0.2, 0) is 10.0 Å². The summed E-state index contributed by atoms with van der Waals surface area (Å²) in [6.45, 7) is 0. The highest BCUT2D eigenvalue weighted by atomic mass is 32.2. The van der Waals surface area contributed by atoms with E-state index in [-0.39, 0.29) is 5.82 Å². The van der Waals surface area contributed by atoms with Gasteiger partial charge in [0.1, 0.15) is 5.82 Å². The van der Waals surface area contributed by atoms with Crippen molar-refractivity contribution < 1.29 is 8.42 Å². The second kappa shape index (κ2) is 3.87. The standard InChI is InChI=1S/C7H7N3O2S/c8-4-6-13(11,12)10-7-3-1-2-5-9-7/h1-3,5H,6H2,(H,9,10). The van der Waals surface area contributed by atoms with Crippen LogP contribution in [0, 0.1) is 11.3 Å². The lowest BCUT2D eigenvalue weighted by molar-refractivity contribution is 0.604. The third-order valence-corrected chi connectivity index (χ3v) is 2.21. The Morgan fingerprint density at radius 2 is 2.31 bits per heavy atom. The number of hydrogen-bond acceptors (Lipinski definition) is 4. The number of aromatic nitrogens is 1. The van der Waals surface area contributed by atoms with Gasteiger partial charge in [0.05, 0.1) is 6.07 Å². The number of nitrogens with one attached hydrogen (secondary N) is 1. The quantitative estimate of drug-likeness (QED) is 0.757. The Bertz CT molecular complexity index is 407. The number of sulfonamides is 1. The van der Waals surface area contributed by atoms with E-state index >= 15 is 0 Å². The smallest absolute Gasteiger partial charge is 0.247 e. The maximum Gasteiger partial charge on any atom is 0.247 e. The third kappa shape index (κ3) is 3.09.